The Labute approximate surface area is 240 Å². The fraction of sp³-hybridized carbons (Fsp3) is 0.471. The largest absolute Gasteiger partial charge is 0.486 e. The Morgan fingerprint density at radius 2 is 0.900 bits per heavy atom. The molecule has 0 fully saturated rings. The van der Waals surface area contributed by atoms with E-state index < -0.39 is 0 Å². The second kappa shape index (κ2) is 15.9. The average molecular weight is 551 g/mol. The molecule has 6 nitrogen and oxygen atoms in total. The van der Waals surface area contributed by atoms with Crippen LogP contribution >= 0.6 is 0 Å². The molecule has 6 rings (SSSR count). The lowest BCUT2D eigenvalue weighted by molar-refractivity contribution is 0.169. The van der Waals surface area contributed by atoms with Gasteiger partial charge in [-0.05, 0) is 53.6 Å². The Morgan fingerprint density at radius 3 is 1.43 bits per heavy atom. The van der Waals surface area contributed by atoms with Crippen molar-refractivity contribution >= 4 is 0 Å². The Balaban J connectivity index is 0.000000156. The summed E-state index contributed by atoms with van der Waals surface area (Å²) >= 11 is 0. The van der Waals surface area contributed by atoms with E-state index in [1.807, 2.05) is 42.5 Å². The predicted molar refractivity (Wildman–Crippen MR) is 161 cm³/mol. The van der Waals surface area contributed by atoms with Gasteiger partial charge in [0, 0.05) is 5.56 Å². The first kappa shape index (κ1) is 31.0. The van der Waals surface area contributed by atoms with Crippen LogP contribution in [0, 0.1) is 5.92 Å². The summed E-state index contributed by atoms with van der Waals surface area (Å²) in [6, 6.07) is 19.9. The fourth-order valence-corrected chi connectivity index (χ4v) is 3.96. The van der Waals surface area contributed by atoms with Crippen molar-refractivity contribution < 1.29 is 28.4 Å². The van der Waals surface area contributed by atoms with E-state index in [0.29, 0.717) is 51.5 Å². The van der Waals surface area contributed by atoms with E-state index >= 15 is 0 Å². The van der Waals surface area contributed by atoms with Crippen LogP contribution in [0.25, 0.3) is 0 Å². The molecule has 0 unspecified atom stereocenters. The Bertz CT molecular complexity index is 1140. The zero-order valence-electron chi connectivity index (χ0n) is 25.2. The first-order valence-electron chi connectivity index (χ1n) is 14.4. The average Bonchev–Trinajstić information content (AvgIpc) is 2.97. The van der Waals surface area contributed by atoms with Crippen molar-refractivity contribution in [1.29, 1.82) is 0 Å². The molecule has 0 radical (unpaired) electrons. The standard InChI is InChI=1S/2C11H14O2.C8H8O2.C4H10/c1-8(2)9-3-4-10-11(7-9)13-6-5-12-10;1-8(2)9-4-3-5-10-11(9)13-7-6-12-10;1-2-4-8-7(3-1)9-5-6-10-8;1-4(2)3/h3-4,7-8H,5-6H2,1-2H3;3-5,8H,6-7H2,1-2H3;1-4H,5-6H2;4H,1-3H3. The zero-order chi connectivity index (χ0) is 28.9. The van der Waals surface area contributed by atoms with E-state index in [9.17, 15) is 0 Å². The molecule has 0 saturated carbocycles. The van der Waals surface area contributed by atoms with Gasteiger partial charge < -0.3 is 28.4 Å². The first-order valence-corrected chi connectivity index (χ1v) is 14.4. The molecule has 0 aromatic heterocycles. The summed E-state index contributed by atoms with van der Waals surface area (Å²) in [5, 5.41) is 0. The maximum Gasteiger partial charge on any atom is 0.164 e. The van der Waals surface area contributed by atoms with Gasteiger partial charge in [-0.1, -0.05) is 78.8 Å². The van der Waals surface area contributed by atoms with E-state index in [-0.39, 0.29) is 0 Å². The van der Waals surface area contributed by atoms with E-state index in [2.05, 4.69) is 66.7 Å². The van der Waals surface area contributed by atoms with Crippen LogP contribution < -0.4 is 28.4 Å². The molecule has 3 heterocycles. The summed E-state index contributed by atoms with van der Waals surface area (Å²) in [6.45, 7) is 19.1. The number of fused-ring (bicyclic) bond motifs is 3. The normalized spacial score (nSPS) is 14.2. The summed E-state index contributed by atoms with van der Waals surface area (Å²) in [4.78, 5) is 0. The minimum absolute atomic E-state index is 0.483. The number of hydrogen-bond donors (Lipinski definition) is 0. The van der Waals surface area contributed by atoms with E-state index in [1.165, 1.54) is 11.1 Å². The molecule has 0 spiro atoms. The minimum atomic E-state index is 0.483. The monoisotopic (exact) mass is 550 g/mol. The second-order valence-electron chi connectivity index (χ2n) is 11.0. The number of rotatable bonds is 2. The van der Waals surface area contributed by atoms with Crippen LogP contribution in [-0.2, 0) is 0 Å². The molecular weight excluding hydrogens is 504 g/mol. The predicted octanol–water partition coefficient (Wildman–Crippen LogP) is 8.28. The van der Waals surface area contributed by atoms with Gasteiger partial charge in [0.1, 0.15) is 39.6 Å². The molecule has 0 aliphatic carbocycles. The molecular formula is C34H46O6. The fourth-order valence-electron chi connectivity index (χ4n) is 3.96. The van der Waals surface area contributed by atoms with Crippen LogP contribution in [0.15, 0.2) is 60.7 Å². The Kier molecular flexibility index (Phi) is 12.3. The zero-order valence-corrected chi connectivity index (χ0v) is 25.2. The third kappa shape index (κ3) is 9.58. The van der Waals surface area contributed by atoms with Gasteiger partial charge in [0.25, 0.3) is 0 Å². The third-order valence-electron chi connectivity index (χ3n) is 5.90. The highest BCUT2D eigenvalue weighted by atomic mass is 16.6. The highest BCUT2D eigenvalue weighted by Crippen LogP contribution is 2.37. The van der Waals surface area contributed by atoms with Crippen molar-refractivity contribution in [1.82, 2.24) is 0 Å². The molecule has 3 aliphatic rings. The maximum absolute atomic E-state index is 5.59. The summed E-state index contributed by atoms with van der Waals surface area (Å²) in [7, 11) is 0. The number of hydrogen-bond acceptors (Lipinski definition) is 6. The lowest BCUT2D eigenvalue weighted by Gasteiger charge is -2.22. The molecule has 3 aromatic rings. The van der Waals surface area contributed by atoms with Crippen LogP contribution in [-0.4, -0.2) is 39.6 Å². The van der Waals surface area contributed by atoms with Crippen molar-refractivity contribution in [3.05, 3.63) is 71.8 Å². The van der Waals surface area contributed by atoms with Gasteiger partial charge in [-0.3, -0.25) is 0 Å². The van der Waals surface area contributed by atoms with Gasteiger partial charge in [0.15, 0.2) is 34.5 Å². The molecule has 0 amide bonds. The van der Waals surface area contributed by atoms with Crippen molar-refractivity contribution in [2.45, 2.75) is 60.3 Å². The van der Waals surface area contributed by atoms with E-state index in [0.717, 1.165) is 40.4 Å². The molecule has 6 heteroatoms. The summed E-state index contributed by atoms with van der Waals surface area (Å²) in [5.74, 6) is 7.14. The van der Waals surface area contributed by atoms with Crippen LogP contribution in [0.4, 0.5) is 0 Å². The third-order valence-corrected chi connectivity index (χ3v) is 5.90. The van der Waals surface area contributed by atoms with Gasteiger partial charge in [0.2, 0.25) is 0 Å². The molecule has 218 valence electrons. The molecule has 0 saturated heterocycles. The lowest BCUT2D eigenvalue weighted by Crippen LogP contribution is -2.16. The lowest BCUT2D eigenvalue weighted by atomic mass is 10.0. The SMILES string of the molecule is CC(C)C.CC(C)c1ccc2c(c1)OCCO2.CC(C)c1cccc2c1OCCO2.c1ccc2c(c1)OCCO2. The Hall–Kier alpha value is -3.54. The van der Waals surface area contributed by atoms with Gasteiger partial charge in [-0.15, -0.1) is 0 Å². The summed E-state index contributed by atoms with van der Waals surface area (Å²) in [5.41, 5.74) is 2.53. The van der Waals surface area contributed by atoms with E-state index in [1.54, 1.807) is 0 Å². The van der Waals surface area contributed by atoms with Crippen molar-refractivity contribution in [3.8, 4) is 34.5 Å². The van der Waals surface area contributed by atoms with Gasteiger partial charge in [0.05, 0.1) is 0 Å². The number of para-hydroxylation sites is 3. The number of ether oxygens (including phenoxy) is 6. The van der Waals surface area contributed by atoms with Crippen molar-refractivity contribution in [2.24, 2.45) is 5.92 Å². The van der Waals surface area contributed by atoms with E-state index in [4.69, 9.17) is 28.4 Å². The summed E-state index contributed by atoms with van der Waals surface area (Å²) < 4.78 is 32.6. The topological polar surface area (TPSA) is 55.4 Å². The van der Waals surface area contributed by atoms with Gasteiger partial charge in [-0.25, -0.2) is 0 Å². The highest BCUT2D eigenvalue weighted by Gasteiger charge is 2.17. The van der Waals surface area contributed by atoms with Gasteiger partial charge in [-0.2, -0.15) is 0 Å². The molecule has 0 bridgehead atoms. The molecule has 40 heavy (non-hydrogen) atoms. The number of benzene rings is 3. The first-order chi connectivity index (χ1) is 19.3. The summed E-state index contributed by atoms with van der Waals surface area (Å²) in [6.07, 6.45) is 0. The molecule has 3 aliphatic heterocycles. The Morgan fingerprint density at radius 1 is 0.450 bits per heavy atom. The quantitative estimate of drug-likeness (QED) is 0.320. The molecule has 3 aromatic carbocycles. The molecule has 0 atom stereocenters. The second-order valence-corrected chi connectivity index (χ2v) is 11.0. The van der Waals surface area contributed by atoms with Crippen molar-refractivity contribution in [2.75, 3.05) is 39.6 Å². The van der Waals surface area contributed by atoms with Gasteiger partial charge >= 0.3 is 0 Å². The smallest absolute Gasteiger partial charge is 0.164 e. The molecule has 0 N–H and O–H groups in total. The maximum atomic E-state index is 5.59. The van der Waals surface area contributed by atoms with Crippen molar-refractivity contribution in [3.63, 3.8) is 0 Å². The van der Waals surface area contributed by atoms with Crippen LogP contribution in [0.2, 0.25) is 0 Å². The van der Waals surface area contributed by atoms with Crippen LogP contribution in [0.3, 0.4) is 0 Å². The van der Waals surface area contributed by atoms with Crippen LogP contribution in [0.5, 0.6) is 34.5 Å². The van der Waals surface area contributed by atoms with Crippen LogP contribution in [0.1, 0.15) is 71.4 Å². The minimum Gasteiger partial charge on any atom is -0.486 e. The highest BCUT2D eigenvalue weighted by molar-refractivity contribution is 5.48.